The maximum Gasteiger partial charge on any atom is 0.295 e. The van der Waals surface area contributed by atoms with Crippen molar-refractivity contribution in [2.45, 2.75) is 47.2 Å². The predicted octanol–water partition coefficient (Wildman–Crippen LogP) is 3.69. The standard InChI is InChI=1S/C25H27N5O2/c1-15-9-11-21(12-10-15)29-18(4)22-17(3)27-30(25(32)23(22)28-29)19(5)24(31)26-14-20-8-6-7-16(2)13-20/h6-13,19H,14H2,1-5H3,(H,26,31). The zero-order valence-electron chi connectivity index (χ0n) is 19.0. The van der Waals surface area contributed by atoms with E-state index in [1.54, 1.807) is 11.6 Å². The van der Waals surface area contributed by atoms with Gasteiger partial charge >= 0.3 is 0 Å². The van der Waals surface area contributed by atoms with E-state index in [1.807, 2.05) is 76.2 Å². The molecule has 7 nitrogen and oxygen atoms in total. The van der Waals surface area contributed by atoms with Crippen LogP contribution in [0.25, 0.3) is 16.6 Å². The molecule has 7 heteroatoms. The van der Waals surface area contributed by atoms with Crippen molar-refractivity contribution in [1.82, 2.24) is 24.9 Å². The van der Waals surface area contributed by atoms with E-state index in [0.717, 1.165) is 33.5 Å². The van der Waals surface area contributed by atoms with E-state index in [9.17, 15) is 9.59 Å². The first-order valence-electron chi connectivity index (χ1n) is 10.7. The van der Waals surface area contributed by atoms with Gasteiger partial charge in [-0.15, -0.1) is 0 Å². The predicted molar refractivity (Wildman–Crippen MR) is 125 cm³/mol. The van der Waals surface area contributed by atoms with Crippen LogP contribution in [-0.4, -0.2) is 25.5 Å². The van der Waals surface area contributed by atoms with Crippen molar-refractivity contribution in [2.75, 3.05) is 0 Å². The van der Waals surface area contributed by atoms with Crippen LogP contribution in [0.4, 0.5) is 0 Å². The summed E-state index contributed by atoms with van der Waals surface area (Å²) in [6.07, 6.45) is 0. The molecule has 0 saturated carbocycles. The van der Waals surface area contributed by atoms with E-state index in [2.05, 4.69) is 15.5 Å². The van der Waals surface area contributed by atoms with Crippen molar-refractivity contribution in [3.63, 3.8) is 0 Å². The van der Waals surface area contributed by atoms with Crippen LogP contribution in [0.2, 0.25) is 0 Å². The molecule has 1 atom stereocenters. The zero-order valence-corrected chi connectivity index (χ0v) is 19.0. The number of fused-ring (bicyclic) bond motifs is 1. The third-order valence-electron chi connectivity index (χ3n) is 5.72. The molecular weight excluding hydrogens is 402 g/mol. The van der Waals surface area contributed by atoms with Crippen molar-refractivity contribution >= 4 is 16.8 Å². The average Bonchev–Trinajstić information content (AvgIpc) is 3.12. The molecule has 2 aromatic carbocycles. The maximum atomic E-state index is 13.2. The van der Waals surface area contributed by atoms with E-state index in [4.69, 9.17) is 0 Å². The fourth-order valence-electron chi connectivity index (χ4n) is 3.92. The number of hydrogen-bond donors (Lipinski definition) is 1. The smallest absolute Gasteiger partial charge is 0.295 e. The number of aryl methyl sites for hydroxylation is 4. The van der Waals surface area contributed by atoms with E-state index in [0.29, 0.717) is 17.8 Å². The van der Waals surface area contributed by atoms with Gasteiger partial charge in [0.2, 0.25) is 5.91 Å². The molecule has 32 heavy (non-hydrogen) atoms. The van der Waals surface area contributed by atoms with Crippen LogP contribution in [0, 0.1) is 27.7 Å². The van der Waals surface area contributed by atoms with Gasteiger partial charge in [-0.25, -0.2) is 9.36 Å². The summed E-state index contributed by atoms with van der Waals surface area (Å²) in [7, 11) is 0. The highest BCUT2D eigenvalue weighted by atomic mass is 16.2. The number of nitrogens with zero attached hydrogens (tertiary/aromatic N) is 4. The molecule has 1 N–H and O–H groups in total. The summed E-state index contributed by atoms with van der Waals surface area (Å²) in [5, 5.41) is 12.7. The Morgan fingerprint density at radius 1 is 1.00 bits per heavy atom. The minimum Gasteiger partial charge on any atom is -0.350 e. The van der Waals surface area contributed by atoms with Gasteiger partial charge in [0.25, 0.3) is 5.56 Å². The topological polar surface area (TPSA) is 81.8 Å². The zero-order chi connectivity index (χ0) is 23.0. The summed E-state index contributed by atoms with van der Waals surface area (Å²) in [6, 6.07) is 15.1. The van der Waals surface area contributed by atoms with Crippen LogP contribution < -0.4 is 10.9 Å². The highest BCUT2D eigenvalue weighted by molar-refractivity contribution is 5.84. The van der Waals surface area contributed by atoms with Crippen LogP contribution in [0.15, 0.2) is 53.3 Å². The maximum absolute atomic E-state index is 13.2. The van der Waals surface area contributed by atoms with Crippen LogP contribution in [-0.2, 0) is 11.3 Å². The molecular formula is C25H27N5O2. The second-order valence-electron chi connectivity index (χ2n) is 8.27. The molecule has 0 bridgehead atoms. The minimum atomic E-state index is -0.764. The van der Waals surface area contributed by atoms with E-state index < -0.39 is 6.04 Å². The van der Waals surface area contributed by atoms with Crippen molar-refractivity contribution in [2.24, 2.45) is 0 Å². The van der Waals surface area contributed by atoms with Crippen LogP contribution in [0.1, 0.15) is 41.0 Å². The summed E-state index contributed by atoms with van der Waals surface area (Å²) in [4.78, 5) is 26.0. The summed E-state index contributed by atoms with van der Waals surface area (Å²) in [6.45, 7) is 9.86. The monoisotopic (exact) mass is 429 g/mol. The lowest BCUT2D eigenvalue weighted by atomic mass is 10.1. The van der Waals surface area contributed by atoms with Crippen molar-refractivity contribution < 1.29 is 4.79 Å². The van der Waals surface area contributed by atoms with Gasteiger partial charge in [-0.1, -0.05) is 47.5 Å². The summed E-state index contributed by atoms with van der Waals surface area (Å²) in [5.74, 6) is -0.269. The van der Waals surface area contributed by atoms with E-state index in [-0.39, 0.29) is 11.5 Å². The molecule has 1 unspecified atom stereocenters. The average molecular weight is 430 g/mol. The van der Waals surface area contributed by atoms with Crippen molar-refractivity contribution in [3.05, 3.63) is 87.0 Å². The Hall–Kier alpha value is -3.74. The third kappa shape index (κ3) is 3.93. The lowest BCUT2D eigenvalue weighted by Gasteiger charge is -2.15. The fraction of sp³-hybridized carbons (Fsp3) is 0.280. The van der Waals surface area contributed by atoms with Crippen LogP contribution >= 0.6 is 0 Å². The Balaban J connectivity index is 1.67. The molecule has 4 aromatic rings. The van der Waals surface area contributed by atoms with Gasteiger partial charge in [0, 0.05) is 6.54 Å². The molecule has 0 aliphatic carbocycles. The number of hydrogen-bond acceptors (Lipinski definition) is 4. The number of amides is 1. The Morgan fingerprint density at radius 2 is 1.72 bits per heavy atom. The Morgan fingerprint density at radius 3 is 2.41 bits per heavy atom. The highest BCUT2D eigenvalue weighted by Gasteiger charge is 2.23. The highest BCUT2D eigenvalue weighted by Crippen LogP contribution is 2.22. The van der Waals surface area contributed by atoms with Crippen LogP contribution in [0.3, 0.4) is 0 Å². The number of nitrogens with one attached hydrogen (secondary N) is 1. The van der Waals surface area contributed by atoms with Crippen molar-refractivity contribution in [3.8, 4) is 5.69 Å². The number of carbonyl (C=O) groups is 1. The lowest BCUT2D eigenvalue weighted by molar-refractivity contribution is -0.124. The molecule has 1 amide bonds. The number of rotatable bonds is 5. The van der Waals surface area contributed by atoms with Crippen LogP contribution in [0.5, 0.6) is 0 Å². The normalized spacial score (nSPS) is 12.2. The first-order valence-corrected chi connectivity index (χ1v) is 10.7. The number of aromatic nitrogens is 4. The van der Waals surface area contributed by atoms with Gasteiger partial charge in [-0.2, -0.15) is 10.2 Å². The van der Waals surface area contributed by atoms with Gasteiger partial charge in [0.05, 0.1) is 22.5 Å². The molecule has 2 heterocycles. The van der Waals surface area contributed by atoms with Gasteiger partial charge in [0.15, 0.2) is 5.52 Å². The van der Waals surface area contributed by atoms with Gasteiger partial charge in [0.1, 0.15) is 6.04 Å². The second kappa shape index (κ2) is 8.42. The molecule has 0 fully saturated rings. The molecule has 0 aliphatic heterocycles. The molecule has 0 saturated heterocycles. The first kappa shape index (κ1) is 21.5. The summed E-state index contributed by atoms with van der Waals surface area (Å²) in [5.41, 5.74) is 5.59. The third-order valence-corrected chi connectivity index (χ3v) is 5.72. The first-order chi connectivity index (χ1) is 15.3. The Labute approximate surface area is 186 Å². The second-order valence-corrected chi connectivity index (χ2v) is 8.27. The molecule has 4 rings (SSSR count). The Bertz CT molecular complexity index is 1370. The fourth-order valence-corrected chi connectivity index (χ4v) is 3.92. The minimum absolute atomic E-state index is 0.269. The summed E-state index contributed by atoms with van der Waals surface area (Å²) >= 11 is 0. The molecule has 164 valence electrons. The summed E-state index contributed by atoms with van der Waals surface area (Å²) < 4.78 is 2.99. The largest absolute Gasteiger partial charge is 0.350 e. The number of carbonyl (C=O) groups excluding carboxylic acids is 1. The van der Waals surface area contributed by atoms with E-state index in [1.165, 1.54) is 4.68 Å². The SMILES string of the molecule is Cc1ccc(-n2nc3c(=O)n(C(C)C(=O)NCc4cccc(C)c4)nc(C)c3c2C)cc1. The molecule has 2 aromatic heterocycles. The van der Waals surface area contributed by atoms with Gasteiger partial charge < -0.3 is 5.32 Å². The van der Waals surface area contributed by atoms with Crippen molar-refractivity contribution in [1.29, 1.82) is 0 Å². The van der Waals surface area contributed by atoms with E-state index >= 15 is 0 Å². The molecule has 0 spiro atoms. The Kier molecular flexibility index (Phi) is 5.65. The molecule has 0 radical (unpaired) electrons. The van der Waals surface area contributed by atoms with Gasteiger partial charge in [-0.05, 0) is 52.3 Å². The van der Waals surface area contributed by atoms with Gasteiger partial charge in [-0.3, -0.25) is 9.59 Å². The quantitative estimate of drug-likeness (QED) is 0.525. The lowest BCUT2D eigenvalue weighted by Crippen LogP contribution is -2.37. The molecule has 0 aliphatic rings. The number of benzene rings is 2.